The molecule has 1 amide bonds. The lowest BCUT2D eigenvalue weighted by atomic mass is 10.0. The summed E-state index contributed by atoms with van der Waals surface area (Å²) in [4.78, 5) is 17.3. The summed E-state index contributed by atoms with van der Waals surface area (Å²) in [5.74, 6) is 0.282. The number of amides is 1. The van der Waals surface area contributed by atoms with Gasteiger partial charge in [0.1, 0.15) is 0 Å². The van der Waals surface area contributed by atoms with Gasteiger partial charge >= 0.3 is 0 Å². The Bertz CT molecular complexity index is 756. The van der Waals surface area contributed by atoms with E-state index in [4.69, 9.17) is 0 Å². The van der Waals surface area contributed by atoms with Crippen molar-refractivity contribution >= 4 is 5.91 Å². The average molecular weight is 348 g/mol. The van der Waals surface area contributed by atoms with Crippen molar-refractivity contribution in [2.45, 2.75) is 38.6 Å². The van der Waals surface area contributed by atoms with Gasteiger partial charge in [-0.1, -0.05) is 48.5 Å². The van der Waals surface area contributed by atoms with Crippen molar-refractivity contribution in [2.75, 3.05) is 26.2 Å². The molecule has 136 valence electrons. The van der Waals surface area contributed by atoms with Gasteiger partial charge in [0, 0.05) is 32.7 Å². The lowest BCUT2D eigenvalue weighted by molar-refractivity contribution is -0.130. The standard InChI is InChI=1S/C23H28N2O/c26-23(17-20-10-11-21-8-4-9-22(21)16-20)25-13-5-12-24(14-15-25)18-19-6-2-1-3-7-19/h1-3,6-7,10-11,16H,4-5,8-9,12-15,17-18H2. The topological polar surface area (TPSA) is 23.6 Å². The Morgan fingerprint density at radius 3 is 2.54 bits per heavy atom. The molecule has 2 aliphatic rings. The fourth-order valence-electron chi connectivity index (χ4n) is 4.24. The first kappa shape index (κ1) is 17.3. The maximum Gasteiger partial charge on any atom is 0.227 e. The Labute approximate surface area is 156 Å². The SMILES string of the molecule is O=C(Cc1ccc2c(c1)CCC2)N1CCCN(Cc2ccccc2)CC1. The third-order valence-corrected chi connectivity index (χ3v) is 5.71. The molecule has 0 radical (unpaired) electrons. The molecule has 4 rings (SSSR count). The highest BCUT2D eigenvalue weighted by Crippen LogP contribution is 2.23. The van der Waals surface area contributed by atoms with E-state index in [1.165, 1.54) is 41.5 Å². The summed E-state index contributed by atoms with van der Waals surface area (Å²) in [6.07, 6.45) is 5.24. The van der Waals surface area contributed by atoms with Gasteiger partial charge in [-0.15, -0.1) is 0 Å². The van der Waals surface area contributed by atoms with Crippen LogP contribution in [0.3, 0.4) is 0 Å². The van der Waals surface area contributed by atoms with E-state index in [9.17, 15) is 4.79 Å². The molecule has 1 aliphatic heterocycles. The normalized spacial score (nSPS) is 17.8. The van der Waals surface area contributed by atoms with E-state index < -0.39 is 0 Å². The monoisotopic (exact) mass is 348 g/mol. The highest BCUT2D eigenvalue weighted by Gasteiger charge is 2.20. The second-order valence-electron chi connectivity index (χ2n) is 7.63. The van der Waals surface area contributed by atoms with Gasteiger partial charge in [-0.3, -0.25) is 9.69 Å². The zero-order valence-corrected chi connectivity index (χ0v) is 15.5. The Balaban J connectivity index is 1.32. The van der Waals surface area contributed by atoms with Crippen molar-refractivity contribution in [1.82, 2.24) is 9.80 Å². The molecule has 0 saturated carbocycles. The van der Waals surface area contributed by atoms with Crippen molar-refractivity contribution < 1.29 is 4.79 Å². The van der Waals surface area contributed by atoms with Crippen LogP contribution in [-0.2, 0) is 30.6 Å². The maximum atomic E-state index is 12.8. The minimum Gasteiger partial charge on any atom is -0.341 e. The number of carbonyl (C=O) groups is 1. The predicted octanol–water partition coefficient (Wildman–Crippen LogP) is 3.45. The highest BCUT2D eigenvalue weighted by atomic mass is 16.2. The van der Waals surface area contributed by atoms with E-state index in [-0.39, 0.29) is 5.91 Å². The minimum absolute atomic E-state index is 0.282. The number of carbonyl (C=O) groups excluding carboxylic acids is 1. The molecule has 3 nitrogen and oxygen atoms in total. The van der Waals surface area contributed by atoms with Gasteiger partial charge in [0.15, 0.2) is 0 Å². The van der Waals surface area contributed by atoms with E-state index in [2.05, 4.69) is 58.3 Å². The second kappa shape index (κ2) is 8.05. The summed E-state index contributed by atoms with van der Waals surface area (Å²) in [5, 5.41) is 0. The molecular formula is C23H28N2O. The van der Waals surface area contributed by atoms with Crippen LogP contribution in [0.15, 0.2) is 48.5 Å². The third-order valence-electron chi connectivity index (χ3n) is 5.71. The zero-order chi connectivity index (χ0) is 17.8. The Morgan fingerprint density at radius 2 is 1.65 bits per heavy atom. The first-order valence-electron chi connectivity index (χ1n) is 9.93. The van der Waals surface area contributed by atoms with Crippen LogP contribution in [0.5, 0.6) is 0 Å². The molecule has 0 atom stereocenters. The molecule has 2 aromatic carbocycles. The molecule has 26 heavy (non-hydrogen) atoms. The molecule has 1 heterocycles. The number of benzene rings is 2. The van der Waals surface area contributed by atoms with E-state index in [1.54, 1.807) is 0 Å². The van der Waals surface area contributed by atoms with Gasteiger partial charge < -0.3 is 4.90 Å². The fourth-order valence-corrected chi connectivity index (χ4v) is 4.24. The van der Waals surface area contributed by atoms with Crippen LogP contribution in [0.4, 0.5) is 0 Å². The Kier molecular flexibility index (Phi) is 5.35. The van der Waals surface area contributed by atoms with Gasteiger partial charge in [-0.25, -0.2) is 0 Å². The van der Waals surface area contributed by atoms with Crippen molar-refractivity contribution in [1.29, 1.82) is 0 Å². The van der Waals surface area contributed by atoms with Crippen LogP contribution in [0.25, 0.3) is 0 Å². The van der Waals surface area contributed by atoms with Gasteiger partial charge in [0.05, 0.1) is 6.42 Å². The predicted molar refractivity (Wildman–Crippen MR) is 105 cm³/mol. The van der Waals surface area contributed by atoms with Crippen LogP contribution >= 0.6 is 0 Å². The summed E-state index contributed by atoms with van der Waals surface area (Å²) < 4.78 is 0. The molecule has 0 aromatic heterocycles. The Morgan fingerprint density at radius 1 is 0.808 bits per heavy atom. The van der Waals surface area contributed by atoms with Gasteiger partial charge in [0.25, 0.3) is 0 Å². The van der Waals surface area contributed by atoms with Crippen LogP contribution < -0.4 is 0 Å². The lowest BCUT2D eigenvalue weighted by Crippen LogP contribution is -2.36. The molecule has 1 saturated heterocycles. The maximum absolute atomic E-state index is 12.8. The Hall–Kier alpha value is -2.13. The minimum atomic E-state index is 0.282. The molecule has 0 spiro atoms. The van der Waals surface area contributed by atoms with Crippen LogP contribution in [-0.4, -0.2) is 41.9 Å². The van der Waals surface area contributed by atoms with Crippen molar-refractivity contribution in [2.24, 2.45) is 0 Å². The van der Waals surface area contributed by atoms with Crippen LogP contribution in [0.1, 0.15) is 35.1 Å². The van der Waals surface area contributed by atoms with Gasteiger partial charge in [-0.05, 0) is 47.9 Å². The van der Waals surface area contributed by atoms with Gasteiger partial charge in [-0.2, -0.15) is 0 Å². The first-order valence-corrected chi connectivity index (χ1v) is 9.93. The number of fused-ring (bicyclic) bond motifs is 1. The molecule has 0 N–H and O–H groups in total. The quantitative estimate of drug-likeness (QED) is 0.845. The summed E-state index contributed by atoms with van der Waals surface area (Å²) in [6.45, 7) is 4.74. The summed E-state index contributed by atoms with van der Waals surface area (Å²) in [6, 6.07) is 17.3. The molecule has 1 fully saturated rings. The summed E-state index contributed by atoms with van der Waals surface area (Å²) >= 11 is 0. The lowest BCUT2D eigenvalue weighted by Gasteiger charge is -2.22. The van der Waals surface area contributed by atoms with E-state index in [1.807, 2.05) is 0 Å². The molecule has 0 bridgehead atoms. The van der Waals surface area contributed by atoms with Gasteiger partial charge in [0.2, 0.25) is 5.91 Å². The smallest absolute Gasteiger partial charge is 0.227 e. The van der Waals surface area contributed by atoms with Crippen molar-refractivity contribution in [3.63, 3.8) is 0 Å². The molecule has 0 unspecified atom stereocenters. The second-order valence-corrected chi connectivity index (χ2v) is 7.63. The number of aryl methyl sites for hydroxylation is 2. The number of hydrogen-bond donors (Lipinski definition) is 0. The summed E-state index contributed by atoms with van der Waals surface area (Å²) in [5.41, 5.74) is 5.47. The first-order chi connectivity index (χ1) is 12.8. The van der Waals surface area contributed by atoms with E-state index in [0.717, 1.165) is 39.1 Å². The highest BCUT2D eigenvalue weighted by molar-refractivity contribution is 5.79. The fraction of sp³-hybridized carbons (Fsp3) is 0.435. The average Bonchev–Trinajstić information content (AvgIpc) is 3.00. The number of nitrogens with zero attached hydrogens (tertiary/aromatic N) is 2. The van der Waals surface area contributed by atoms with Crippen LogP contribution in [0.2, 0.25) is 0 Å². The van der Waals surface area contributed by atoms with E-state index >= 15 is 0 Å². The van der Waals surface area contributed by atoms with Crippen molar-refractivity contribution in [3.8, 4) is 0 Å². The molecule has 2 aromatic rings. The van der Waals surface area contributed by atoms with Crippen LogP contribution in [0, 0.1) is 0 Å². The number of rotatable bonds is 4. The van der Waals surface area contributed by atoms with E-state index in [0.29, 0.717) is 6.42 Å². The largest absolute Gasteiger partial charge is 0.341 e. The zero-order valence-electron chi connectivity index (χ0n) is 15.5. The third kappa shape index (κ3) is 4.16. The number of hydrogen-bond acceptors (Lipinski definition) is 2. The summed E-state index contributed by atoms with van der Waals surface area (Å²) in [7, 11) is 0. The molecule has 1 aliphatic carbocycles. The van der Waals surface area contributed by atoms with Crippen molar-refractivity contribution in [3.05, 3.63) is 70.8 Å². The molecular weight excluding hydrogens is 320 g/mol. The molecule has 3 heteroatoms.